The molecule has 3 rings (SSSR count). The van der Waals surface area contributed by atoms with E-state index >= 15 is 0 Å². The molecule has 5 heteroatoms. The number of nitrogens with zero attached hydrogens (tertiary/aromatic N) is 3. The third kappa shape index (κ3) is 4.06. The van der Waals surface area contributed by atoms with Crippen molar-refractivity contribution in [3.63, 3.8) is 0 Å². The van der Waals surface area contributed by atoms with Crippen LogP contribution < -0.4 is 4.74 Å². The van der Waals surface area contributed by atoms with E-state index in [1.54, 1.807) is 12.4 Å². The number of hydrogen-bond donors (Lipinski definition) is 0. The number of rotatable bonds is 5. The lowest BCUT2D eigenvalue weighted by atomic mass is 10.2. The predicted octanol–water partition coefficient (Wildman–Crippen LogP) is 4.21. The second kappa shape index (κ2) is 7.84. The van der Waals surface area contributed by atoms with Crippen LogP contribution in [0, 0.1) is 0 Å². The average molecular weight is 337 g/mol. The van der Waals surface area contributed by atoms with Crippen LogP contribution >= 0.6 is 12.2 Å². The molecule has 0 N–H and O–H groups in total. The highest BCUT2D eigenvalue weighted by atomic mass is 32.1. The molecule has 0 aliphatic rings. The predicted molar refractivity (Wildman–Crippen MR) is 99.9 cm³/mol. The Morgan fingerprint density at radius 1 is 1.04 bits per heavy atom. The maximum atomic E-state index is 5.90. The fraction of sp³-hybridized carbons (Fsp3) is 0.211. The molecule has 0 unspecified atom stereocenters. The van der Waals surface area contributed by atoms with Crippen LogP contribution in [0.25, 0.3) is 11.0 Å². The van der Waals surface area contributed by atoms with Crippen molar-refractivity contribution in [2.45, 2.75) is 19.9 Å². The second-order valence-electron chi connectivity index (χ2n) is 5.48. The Bertz CT molecular complexity index is 823. The normalized spacial score (nSPS) is 10.5. The minimum absolute atomic E-state index is 0.476. The first-order valence-electron chi connectivity index (χ1n) is 7.97. The summed E-state index contributed by atoms with van der Waals surface area (Å²) in [5.41, 5.74) is 2.84. The first kappa shape index (κ1) is 16.3. The third-order valence-electron chi connectivity index (χ3n) is 3.61. The van der Waals surface area contributed by atoms with E-state index in [-0.39, 0.29) is 0 Å². The van der Waals surface area contributed by atoms with Crippen LogP contribution in [0.5, 0.6) is 5.75 Å². The molecule has 0 spiro atoms. The van der Waals surface area contributed by atoms with Gasteiger partial charge in [-0.15, -0.1) is 0 Å². The van der Waals surface area contributed by atoms with E-state index in [1.807, 2.05) is 36.4 Å². The zero-order valence-electron chi connectivity index (χ0n) is 13.6. The van der Waals surface area contributed by atoms with Crippen LogP contribution in [-0.2, 0) is 6.54 Å². The molecule has 2 aromatic carbocycles. The monoisotopic (exact) mass is 337 g/mol. The molecule has 0 aliphatic heterocycles. The SMILES string of the molecule is CCCN(Cc1ccccc1)C(=S)Oc1ccc2nccnc2c1. The van der Waals surface area contributed by atoms with Crippen molar-refractivity contribution in [3.05, 3.63) is 66.5 Å². The van der Waals surface area contributed by atoms with Gasteiger partial charge in [-0.05, 0) is 36.3 Å². The van der Waals surface area contributed by atoms with Crippen molar-refractivity contribution in [1.82, 2.24) is 14.9 Å². The quantitative estimate of drug-likeness (QED) is 0.652. The minimum atomic E-state index is 0.476. The van der Waals surface area contributed by atoms with Crippen LogP contribution in [0.3, 0.4) is 0 Å². The van der Waals surface area contributed by atoms with Crippen molar-refractivity contribution in [1.29, 1.82) is 0 Å². The van der Waals surface area contributed by atoms with Gasteiger partial charge in [0.15, 0.2) is 0 Å². The summed E-state index contributed by atoms with van der Waals surface area (Å²) >= 11 is 5.51. The summed E-state index contributed by atoms with van der Waals surface area (Å²) in [7, 11) is 0. The summed E-state index contributed by atoms with van der Waals surface area (Å²) < 4.78 is 5.90. The van der Waals surface area contributed by atoms with Crippen molar-refractivity contribution < 1.29 is 4.74 Å². The molecule has 0 radical (unpaired) electrons. The van der Waals surface area contributed by atoms with E-state index in [0.29, 0.717) is 10.9 Å². The van der Waals surface area contributed by atoms with Crippen molar-refractivity contribution in [2.75, 3.05) is 6.54 Å². The van der Waals surface area contributed by atoms with Crippen molar-refractivity contribution in [3.8, 4) is 5.75 Å². The van der Waals surface area contributed by atoms with Crippen LogP contribution in [0.4, 0.5) is 0 Å². The summed E-state index contributed by atoms with van der Waals surface area (Å²) in [4.78, 5) is 10.6. The largest absolute Gasteiger partial charge is 0.432 e. The van der Waals surface area contributed by atoms with Gasteiger partial charge in [0.25, 0.3) is 5.17 Å². The van der Waals surface area contributed by atoms with Gasteiger partial charge in [0.1, 0.15) is 5.75 Å². The van der Waals surface area contributed by atoms with E-state index in [2.05, 4.69) is 33.9 Å². The van der Waals surface area contributed by atoms with Crippen LogP contribution in [-0.4, -0.2) is 26.6 Å². The zero-order chi connectivity index (χ0) is 16.8. The minimum Gasteiger partial charge on any atom is -0.432 e. The van der Waals surface area contributed by atoms with E-state index in [4.69, 9.17) is 17.0 Å². The molecule has 0 fully saturated rings. The molecule has 0 saturated heterocycles. The molecule has 4 nitrogen and oxygen atoms in total. The van der Waals surface area contributed by atoms with Gasteiger partial charge in [-0.25, -0.2) is 0 Å². The lowest BCUT2D eigenvalue weighted by Crippen LogP contribution is -2.33. The van der Waals surface area contributed by atoms with Crippen LogP contribution in [0.1, 0.15) is 18.9 Å². The first-order valence-corrected chi connectivity index (χ1v) is 8.38. The van der Waals surface area contributed by atoms with Gasteiger partial charge in [0.05, 0.1) is 11.0 Å². The first-order chi connectivity index (χ1) is 11.8. The fourth-order valence-electron chi connectivity index (χ4n) is 2.48. The third-order valence-corrected chi connectivity index (χ3v) is 3.96. The molecule has 1 heterocycles. The Balaban J connectivity index is 1.74. The van der Waals surface area contributed by atoms with Crippen LogP contribution in [0.15, 0.2) is 60.9 Å². The lowest BCUT2D eigenvalue weighted by molar-refractivity contribution is 0.345. The van der Waals surface area contributed by atoms with Crippen molar-refractivity contribution in [2.24, 2.45) is 0 Å². The van der Waals surface area contributed by atoms with E-state index in [9.17, 15) is 0 Å². The highest BCUT2D eigenvalue weighted by molar-refractivity contribution is 7.80. The highest BCUT2D eigenvalue weighted by Gasteiger charge is 2.12. The number of benzene rings is 2. The molecule has 0 saturated carbocycles. The van der Waals surface area contributed by atoms with Gasteiger partial charge in [-0.1, -0.05) is 37.3 Å². The molecule has 1 aromatic heterocycles. The molecule has 24 heavy (non-hydrogen) atoms. The Morgan fingerprint density at radius 2 is 1.79 bits per heavy atom. The molecular formula is C19H19N3OS. The van der Waals surface area contributed by atoms with Gasteiger partial charge >= 0.3 is 0 Å². The molecule has 0 aliphatic carbocycles. The standard InChI is InChI=1S/C19H19N3OS/c1-2-12-22(14-15-6-4-3-5-7-15)19(24)23-16-8-9-17-18(13-16)21-11-10-20-17/h3-11,13H,2,12,14H2,1H3. The van der Waals surface area contributed by atoms with Gasteiger partial charge in [0, 0.05) is 31.5 Å². The molecule has 0 bridgehead atoms. The molecule has 3 aromatic rings. The molecule has 0 atom stereocenters. The summed E-state index contributed by atoms with van der Waals surface area (Å²) in [6.07, 6.45) is 4.35. The Labute approximate surface area is 147 Å². The van der Waals surface area contributed by atoms with Gasteiger partial charge < -0.3 is 9.64 Å². The summed E-state index contributed by atoms with van der Waals surface area (Å²) in [5, 5.41) is 0.476. The maximum absolute atomic E-state index is 5.90. The lowest BCUT2D eigenvalue weighted by Gasteiger charge is -2.24. The average Bonchev–Trinajstić information content (AvgIpc) is 2.62. The Kier molecular flexibility index (Phi) is 5.33. The summed E-state index contributed by atoms with van der Waals surface area (Å²) in [5.74, 6) is 0.683. The number of thiocarbonyl (C=S) groups is 1. The van der Waals surface area contributed by atoms with E-state index in [0.717, 1.165) is 30.5 Å². The second-order valence-corrected chi connectivity index (χ2v) is 5.83. The number of hydrogen-bond acceptors (Lipinski definition) is 4. The van der Waals surface area contributed by atoms with Crippen LogP contribution in [0.2, 0.25) is 0 Å². The molecule has 122 valence electrons. The fourth-order valence-corrected chi connectivity index (χ4v) is 2.73. The number of fused-ring (bicyclic) bond motifs is 1. The summed E-state index contributed by atoms with van der Waals surface area (Å²) in [6.45, 7) is 3.72. The molecule has 0 amide bonds. The van der Waals surface area contributed by atoms with Gasteiger partial charge in [-0.2, -0.15) is 0 Å². The molecular weight excluding hydrogens is 318 g/mol. The van der Waals surface area contributed by atoms with E-state index in [1.165, 1.54) is 5.56 Å². The van der Waals surface area contributed by atoms with Gasteiger partial charge in [0.2, 0.25) is 0 Å². The Morgan fingerprint density at radius 3 is 2.54 bits per heavy atom. The highest BCUT2D eigenvalue weighted by Crippen LogP contribution is 2.18. The zero-order valence-corrected chi connectivity index (χ0v) is 14.4. The maximum Gasteiger partial charge on any atom is 0.265 e. The van der Waals surface area contributed by atoms with E-state index < -0.39 is 0 Å². The topological polar surface area (TPSA) is 38.2 Å². The smallest absolute Gasteiger partial charge is 0.265 e. The Hall–Kier alpha value is -2.53. The van der Waals surface area contributed by atoms with Gasteiger partial charge in [-0.3, -0.25) is 9.97 Å². The van der Waals surface area contributed by atoms with Crippen molar-refractivity contribution >= 4 is 28.4 Å². The number of ether oxygens (including phenoxy) is 1. The summed E-state index contributed by atoms with van der Waals surface area (Å²) in [6, 6.07) is 15.9. The number of aromatic nitrogens is 2.